The summed E-state index contributed by atoms with van der Waals surface area (Å²) in [6.45, 7) is 3.19. The Balaban J connectivity index is 1.59. The number of nitrogens with one attached hydrogen (secondary N) is 1. The minimum absolute atomic E-state index is 0.0673. The summed E-state index contributed by atoms with van der Waals surface area (Å²) >= 11 is 3.58. The first kappa shape index (κ1) is 19.7. The number of hydrogen-bond acceptors (Lipinski definition) is 4. The summed E-state index contributed by atoms with van der Waals surface area (Å²) in [5.74, 6) is 0.389. The summed E-state index contributed by atoms with van der Waals surface area (Å²) in [5, 5.41) is 8.78. The highest BCUT2D eigenvalue weighted by atomic mass is 79.9. The van der Waals surface area contributed by atoms with E-state index in [-0.39, 0.29) is 5.91 Å². The zero-order chi connectivity index (χ0) is 20.9. The van der Waals surface area contributed by atoms with E-state index in [9.17, 15) is 4.79 Å². The Morgan fingerprint density at radius 3 is 2.73 bits per heavy atom. The van der Waals surface area contributed by atoms with Crippen LogP contribution >= 0.6 is 15.9 Å². The SMILES string of the molecule is Cc1nn(C)c2nc(C3CC3)cc(C(=O)NC3(c4cccc(Br)c4)CCOCC3)c12. The zero-order valence-corrected chi connectivity index (χ0v) is 18.8. The molecule has 1 amide bonds. The molecule has 1 aromatic carbocycles. The molecule has 3 aromatic rings. The van der Waals surface area contributed by atoms with Crippen molar-refractivity contribution in [1.82, 2.24) is 20.1 Å². The molecule has 1 saturated carbocycles. The van der Waals surface area contributed by atoms with Crippen molar-refractivity contribution >= 4 is 32.9 Å². The Kier molecular flexibility index (Phi) is 4.90. The smallest absolute Gasteiger partial charge is 0.252 e. The molecule has 0 radical (unpaired) electrons. The van der Waals surface area contributed by atoms with Gasteiger partial charge in [0.25, 0.3) is 5.91 Å². The van der Waals surface area contributed by atoms with Gasteiger partial charge in [0.1, 0.15) is 0 Å². The summed E-state index contributed by atoms with van der Waals surface area (Å²) in [6.07, 6.45) is 3.75. The van der Waals surface area contributed by atoms with Crippen LogP contribution in [0.5, 0.6) is 0 Å². The van der Waals surface area contributed by atoms with Crippen molar-refractivity contribution in [3.63, 3.8) is 0 Å². The second-order valence-electron chi connectivity index (χ2n) is 8.44. The van der Waals surface area contributed by atoms with E-state index in [2.05, 4.69) is 38.5 Å². The molecule has 1 aliphatic heterocycles. The molecule has 0 bridgehead atoms. The highest BCUT2D eigenvalue weighted by Gasteiger charge is 2.37. The number of aryl methyl sites for hydroxylation is 2. The van der Waals surface area contributed by atoms with E-state index in [1.165, 1.54) is 0 Å². The van der Waals surface area contributed by atoms with Crippen molar-refractivity contribution < 1.29 is 9.53 Å². The topological polar surface area (TPSA) is 69.0 Å². The van der Waals surface area contributed by atoms with Crippen LogP contribution < -0.4 is 5.32 Å². The number of amides is 1. The first-order valence-electron chi connectivity index (χ1n) is 10.5. The van der Waals surface area contributed by atoms with Gasteiger partial charge in [-0.1, -0.05) is 28.1 Å². The van der Waals surface area contributed by atoms with Crippen LogP contribution in [0.25, 0.3) is 11.0 Å². The normalized spacial score (nSPS) is 18.5. The lowest BCUT2D eigenvalue weighted by molar-refractivity contribution is 0.0345. The number of hydrogen-bond donors (Lipinski definition) is 1. The van der Waals surface area contributed by atoms with Crippen molar-refractivity contribution in [2.24, 2.45) is 7.05 Å². The van der Waals surface area contributed by atoms with Gasteiger partial charge in [0.05, 0.1) is 22.2 Å². The number of benzene rings is 1. The van der Waals surface area contributed by atoms with E-state index in [0.29, 0.717) is 24.7 Å². The lowest BCUT2D eigenvalue weighted by Gasteiger charge is -2.38. The lowest BCUT2D eigenvalue weighted by Crippen LogP contribution is -2.49. The molecule has 0 spiro atoms. The van der Waals surface area contributed by atoms with Gasteiger partial charge in [-0.3, -0.25) is 9.48 Å². The molecule has 30 heavy (non-hydrogen) atoms. The molecular formula is C23H25BrN4O2. The third-order valence-electron chi connectivity index (χ3n) is 6.31. The van der Waals surface area contributed by atoms with Crippen LogP contribution in [0.4, 0.5) is 0 Å². The largest absolute Gasteiger partial charge is 0.381 e. The molecular weight excluding hydrogens is 444 g/mol. The Hall–Kier alpha value is -2.25. The fraction of sp³-hybridized carbons (Fsp3) is 0.435. The van der Waals surface area contributed by atoms with Gasteiger partial charge in [0, 0.05) is 36.3 Å². The van der Waals surface area contributed by atoms with Crippen molar-refractivity contribution in [2.45, 2.75) is 44.1 Å². The third kappa shape index (κ3) is 3.44. The number of carbonyl (C=O) groups excluding carboxylic acids is 1. The van der Waals surface area contributed by atoms with Crippen LogP contribution in [0.3, 0.4) is 0 Å². The van der Waals surface area contributed by atoms with Crippen LogP contribution in [0.15, 0.2) is 34.8 Å². The number of rotatable bonds is 4. The van der Waals surface area contributed by atoms with Crippen molar-refractivity contribution in [2.75, 3.05) is 13.2 Å². The quantitative estimate of drug-likeness (QED) is 0.617. The minimum Gasteiger partial charge on any atom is -0.381 e. The molecule has 7 heteroatoms. The highest BCUT2D eigenvalue weighted by Crippen LogP contribution is 2.41. The fourth-order valence-corrected chi connectivity index (χ4v) is 4.91. The van der Waals surface area contributed by atoms with Crippen LogP contribution in [-0.2, 0) is 17.3 Å². The number of fused-ring (bicyclic) bond motifs is 1. The standard InChI is InChI=1S/C23H25BrN4O2/c1-14-20-18(13-19(15-6-7-15)25-21(20)28(2)27-14)22(29)26-23(8-10-30-11-9-23)16-4-3-5-17(24)12-16/h3-5,12-13,15H,6-11H2,1-2H3,(H,26,29). The molecule has 1 saturated heterocycles. The summed E-state index contributed by atoms with van der Waals surface area (Å²) in [7, 11) is 1.89. The second kappa shape index (κ2) is 7.46. The van der Waals surface area contributed by atoms with E-state index in [1.807, 2.05) is 32.2 Å². The van der Waals surface area contributed by atoms with Gasteiger partial charge in [0.15, 0.2) is 5.65 Å². The maximum absolute atomic E-state index is 13.7. The van der Waals surface area contributed by atoms with Gasteiger partial charge in [-0.25, -0.2) is 4.98 Å². The molecule has 1 N–H and O–H groups in total. The lowest BCUT2D eigenvalue weighted by atomic mass is 9.82. The molecule has 0 atom stereocenters. The van der Waals surface area contributed by atoms with Gasteiger partial charge in [-0.15, -0.1) is 0 Å². The van der Waals surface area contributed by atoms with Crippen LogP contribution in [0, 0.1) is 6.92 Å². The highest BCUT2D eigenvalue weighted by molar-refractivity contribution is 9.10. The van der Waals surface area contributed by atoms with E-state index in [4.69, 9.17) is 9.72 Å². The number of ether oxygens (including phenoxy) is 1. The number of carbonyl (C=O) groups is 1. The first-order chi connectivity index (χ1) is 14.5. The molecule has 2 aliphatic rings. The maximum Gasteiger partial charge on any atom is 0.252 e. The molecule has 0 unspecified atom stereocenters. The first-order valence-corrected chi connectivity index (χ1v) is 11.3. The predicted molar refractivity (Wildman–Crippen MR) is 119 cm³/mol. The summed E-state index contributed by atoms with van der Waals surface area (Å²) < 4.78 is 8.42. The van der Waals surface area contributed by atoms with Crippen molar-refractivity contribution in [1.29, 1.82) is 0 Å². The van der Waals surface area contributed by atoms with Gasteiger partial charge in [0.2, 0.25) is 0 Å². The number of aromatic nitrogens is 3. The molecule has 2 aromatic heterocycles. The molecule has 2 fully saturated rings. The maximum atomic E-state index is 13.7. The average Bonchev–Trinajstić information content (AvgIpc) is 3.54. The summed E-state index contributed by atoms with van der Waals surface area (Å²) in [4.78, 5) is 18.5. The number of nitrogens with zero attached hydrogens (tertiary/aromatic N) is 3. The van der Waals surface area contributed by atoms with Gasteiger partial charge in [-0.05, 0) is 56.4 Å². The van der Waals surface area contributed by atoms with Gasteiger partial charge < -0.3 is 10.1 Å². The number of pyridine rings is 1. The zero-order valence-electron chi connectivity index (χ0n) is 17.2. The number of halogens is 1. The average molecular weight is 469 g/mol. The van der Waals surface area contributed by atoms with E-state index >= 15 is 0 Å². The molecule has 3 heterocycles. The molecule has 1 aliphatic carbocycles. The molecule has 156 valence electrons. The minimum atomic E-state index is -0.454. The Morgan fingerprint density at radius 2 is 2.03 bits per heavy atom. The third-order valence-corrected chi connectivity index (χ3v) is 6.80. The Bertz CT molecular complexity index is 1130. The van der Waals surface area contributed by atoms with E-state index in [0.717, 1.165) is 58.1 Å². The second-order valence-corrected chi connectivity index (χ2v) is 9.35. The summed E-state index contributed by atoms with van der Waals surface area (Å²) in [5.41, 5.74) is 3.93. The van der Waals surface area contributed by atoms with Gasteiger partial charge >= 0.3 is 0 Å². The molecule has 5 rings (SSSR count). The summed E-state index contributed by atoms with van der Waals surface area (Å²) in [6, 6.07) is 10.2. The van der Waals surface area contributed by atoms with E-state index < -0.39 is 5.54 Å². The molecule has 6 nitrogen and oxygen atoms in total. The van der Waals surface area contributed by atoms with E-state index in [1.54, 1.807) is 4.68 Å². The van der Waals surface area contributed by atoms with Crippen LogP contribution in [0.1, 0.15) is 58.9 Å². The predicted octanol–water partition coefficient (Wildman–Crippen LogP) is 4.35. The van der Waals surface area contributed by atoms with Gasteiger partial charge in [-0.2, -0.15) is 5.10 Å². The van der Waals surface area contributed by atoms with Crippen molar-refractivity contribution in [3.05, 3.63) is 57.3 Å². The Labute approximate surface area is 184 Å². The fourth-order valence-electron chi connectivity index (χ4n) is 4.51. The van der Waals surface area contributed by atoms with Crippen LogP contribution in [-0.4, -0.2) is 33.9 Å². The van der Waals surface area contributed by atoms with Crippen LogP contribution in [0.2, 0.25) is 0 Å². The Morgan fingerprint density at radius 1 is 1.27 bits per heavy atom. The monoisotopic (exact) mass is 468 g/mol. The van der Waals surface area contributed by atoms with Crippen molar-refractivity contribution in [3.8, 4) is 0 Å².